The van der Waals surface area contributed by atoms with E-state index in [1.165, 1.54) is 6.92 Å². The number of hydrogen-bond acceptors (Lipinski definition) is 8. The lowest BCUT2D eigenvalue weighted by atomic mass is 10.1. The van der Waals surface area contributed by atoms with Gasteiger partial charge in [0.25, 0.3) is 11.2 Å². The second-order valence-electron chi connectivity index (χ2n) is 5.69. The van der Waals surface area contributed by atoms with Gasteiger partial charge in [-0.2, -0.15) is 10.4 Å². The fourth-order valence-corrected chi connectivity index (χ4v) is 2.36. The standard InChI is InChI=1S/C17H17N5O5/c1-3-4-7-21-16(24)12(9-18)10(2)15(17(21)25)20-19-13-8-11(22(26)27)5-6-14(13)23/h5-6,8,23-24H,3-4,7H2,1-2H3/p-2. The maximum atomic E-state index is 12.6. The first kappa shape index (κ1) is 19.6. The van der Waals surface area contributed by atoms with Crippen molar-refractivity contribution in [1.82, 2.24) is 4.57 Å². The fourth-order valence-electron chi connectivity index (χ4n) is 2.36. The number of azo groups is 1. The molecule has 0 radical (unpaired) electrons. The summed E-state index contributed by atoms with van der Waals surface area (Å²) in [6.07, 6.45) is 1.28. The van der Waals surface area contributed by atoms with Crippen molar-refractivity contribution >= 4 is 17.1 Å². The van der Waals surface area contributed by atoms with Crippen LogP contribution in [0.5, 0.6) is 11.6 Å². The van der Waals surface area contributed by atoms with Crippen LogP contribution < -0.4 is 15.8 Å². The highest BCUT2D eigenvalue weighted by atomic mass is 16.6. The summed E-state index contributed by atoms with van der Waals surface area (Å²) in [7, 11) is 0. The van der Waals surface area contributed by atoms with Crippen molar-refractivity contribution in [2.24, 2.45) is 10.2 Å². The van der Waals surface area contributed by atoms with Gasteiger partial charge in [0.05, 0.1) is 16.2 Å². The monoisotopic (exact) mass is 369 g/mol. The van der Waals surface area contributed by atoms with Gasteiger partial charge in [-0.15, -0.1) is 5.11 Å². The van der Waals surface area contributed by atoms with Crippen molar-refractivity contribution in [2.45, 2.75) is 33.2 Å². The molecule has 0 spiro atoms. The maximum absolute atomic E-state index is 12.6. The van der Waals surface area contributed by atoms with Gasteiger partial charge in [-0.3, -0.25) is 14.9 Å². The number of rotatable bonds is 6. The molecule has 0 atom stereocenters. The molecule has 27 heavy (non-hydrogen) atoms. The third kappa shape index (κ3) is 3.92. The summed E-state index contributed by atoms with van der Waals surface area (Å²) in [5.74, 6) is -1.32. The average Bonchev–Trinajstić information content (AvgIpc) is 2.63. The van der Waals surface area contributed by atoms with Crippen LogP contribution in [0.15, 0.2) is 33.2 Å². The van der Waals surface area contributed by atoms with Crippen molar-refractivity contribution in [3.63, 3.8) is 0 Å². The van der Waals surface area contributed by atoms with Crippen LogP contribution in [0.2, 0.25) is 0 Å². The molecule has 2 aromatic rings. The van der Waals surface area contributed by atoms with Crippen molar-refractivity contribution < 1.29 is 15.1 Å². The number of nitrogens with zero attached hydrogens (tertiary/aromatic N) is 5. The van der Waals surface area contributed by atoms with Crippen LogP contribution in [0.3, 0.4) is 0 Å². The first-order valence-corrected chi connectivity index (χ1v) is 8.03. The molecule has 0 saturated heterocycles. The van der Waals surface area contributed by atoms with Crippen LogP contribution in [-0.4, -0.2) is 9.49 Å². The van der Waals surface area contributed by atoms with E-state index in [4.69, 9.17) is 0 Å². The molecule has 2 rings (SSSR count). The Kier molecular flexibility index (Phi) is 5.87. The Morgan fingerprint density at radius 1 is 1.30 bits per heavy atom. The highest BCUT2D eigenvalue weighted by Crippen LogP contribution is 2.31. The number of nitriles is 1. The third-order valence-corrected chi connectivity index (χ3v) is 3.90. The minimum Gasteiger partial charge on any atom is -0.871 e. The molecule has 140 valence electrons. The van der Waals surface area contributed by atoms with Crippen LogP contribution >= 0.6 is 0 Å². The number of aromatic nitrogens is 1. The summed E-state index contributed by atoms with van der Waals surface area (Å²) >= 11 is 0. The number of non-ortho nitro benzene ring substituents is 1. The molecule has 0 bridgehead atoms. The van der Waals surface area contributed by atoms with Crippen molar-refractivity contribution in [2.75, 3.05) is 0 Å². The molecule has 0 fully saturated rings. The summed E-state index contributed by atoms with van der Waals surface area (Å²) in [4.78, 5) is 22.7. The molecule has 0 amide bonds. The van der Waals surface area contributed by atoms with Gasteiger partial charge in [0.2, 0.25) is 0 Å². The molecule has 1 aromatic heterocycles. The Bertz CT molecular complexity index is 1020. The highest BCUT2D eigenvalue weighted by molar-refractivity contribution is 5.58. The van der Waals surface area contributed by atoms with E-state index in [9.17, 15) is 30.4 Å². The smallest absolute Gasteiger partial charge is 0.278 e. The molecule has 0 aliphatic heterocycles. The van der Waals surface area contributed by atoms with Crippen molar-refractivity contribution in [3.05, 3.63) is 49.8 Å². The number of pyridine rings is 1. The minimum atomic E-state index is -0.730. The molecule has 0 aliphatic carbocycles. The largest absolute Gasteiger partial charge is 0.871 e. The molecule has 0 unspecified atom stereocenters. The Morgan fingerprint density at radius 2 is 2.00 bits per heavy atom. The molecule has 1 aromatic carbocycles. The van der Waals surface area contributed by atoms with Gasteiger partial charge in [0.15, 0.2) is 5.69 Å². The Hall–Kier alpha value is -3.74. The predicted molar refractivity (Wildman–Crippen MR) is 91.2 cm³/mol. The highest BCUT2D eigenvalue weighted by Gasteiger charge is 2.15. The molecule has 0 aliphatic rings. The van der Waals surface area contributed by atoms with Crippen LogP contribution in [-0.2, 0) is 6.54 Å². The number of unbranched alkanes of at least 4 members (excludes halogenated alkanes) is 1. The predicted octanol–water partition coefficient (Wildman–Crippen LogP) is 2.30. The fraction of sp³-hybridized carbons (Fsp3) is 0.294. The molecule has 10 heteroatoms. The minimum absolute atomic E-state index is 0.0434. The summed E-state index contributed by atoms with van der Waals surface area (Å²) in [5.41, 5.74) is -1.86. The molecular weight excluding hydrogens is 354 g/mol. The molecular formula is C17H15N5O5-2. The lowest BCUT2D eigenvalue weighted by Crippen LogP contribution is -2.25. The van der Waals surface area contributed by atoms with E-state index in [1.807, 2.05) is 6.92 Å². The van der Waals surface area contributed by atoms with E-state index in [1.54, 1.807) is 6.07 Å². The third-order valence-electron chi connectivity index (χ3n) is 3.90. The van der Waals surface area contributed by atoms with Gasteiger partial charge in [-0.1, -0.05) is 25.2 Å². The number of benzene rings is 1. The SMILES string of the molecule is CCCCn1c([O-])c(C#N)c(C)c(N=Nc2cc([N+](=O)[O-])ccc2[O-])c1=O. The zero-order valence-electron chi connectivity index (χ0n) is 14.6. The van der Waals surface area contributed by atoms with E-state index >= 15 is 0 Å². The number of nitro groups is 1. The van der Waals surface area contributed by atoms with E-state index < -0.39 is 22.1 Å². The van der Waals surface area contributed by atoms with Gasteiger partial charge >= 0.3 is 0 Å². The quantitative estimate of drug-likeness (QED) is 0.431. The van der Waals surface area contributed by atoms with Gasteiger partial charge < -0.3 is 14.8 Å². The lowest BCUT2D eigenvalue weighted by molar-refractivity contribution is -0.385. The van der Waals surface area contributed by atoms with Crippen LogP contribution in [0.4, 0.5) is 17.1 Å². The molecule has 1 heterocycles. The number of hydrogen-bond donors (Lipinski definition) is 0. The van der Waals surface area contributed by atoms with Crippen LogP contribution in [0.1, 0.15) is 30.9 Å². The molecule has 10 nitrogen and oxygen atoms in total. The van der Waals surface area contributed by atoms with Gasteiger partial charge in [0, 0.05) is 24.2 Å². The summed E-state index contributed by atoms with van der Waals surface area (Å²) in [6, 6.07) is 4.70. The molecule has 0 saturated carbocycles. The second-order valence-corrected chi connectivity index (χ2v) is 5.69. The lowest BCUT2D eigenvalue weighted by Gasteiger charge is -2.20. The topological polar surface area (TPSA) is 160 Å². The Balaban J connectivity index is 2.61. The van der Waals surface area contributed by atoms with Crippen LogP contribution in [0.25, 0.3) is 0 Å². The number of nitro benzene ring substituents is 1. The summed E-state index contributed by atoms with van der Waals surface area (Å²) in [6.45, 7) is 3.38. The van der Waals surface area contributed by atoms with E-state index in [0.717, 1.165) is 29.2 Å². The first-order valence-electron chi connectivity index (χ1n) is 8.03. The second kappa shape index (κ2) is 8.09. The van der Waals surface area contributed by atoms with E-state index in [2.05, 4.69) is 10.2 Å². The maximum Gasteiger partial charge on any atom is 0.278 e. The van der Waals surface area contributed by atoms with E-state index in [0.29, 0.717) is 6.42 Å². The normalized spacial score (nSPS) is 10.9. The van der Waals surface area contributed by atoms with Crippen molar-refractivity contribution in [3.8, 4) is 17.7 Å². The van der Waals surface area contributed by atoms with Gasteiger partial charge in [-0.05, 0) is 19.2 Å². The Labute approximate surface area is 153 Å². The van der Waals surface area contributed by atoms with E-state index in [-0.39, 0.29) is 34.7 Å². The average molecular weight is 369 g/mol. The Morgan fingerprint density at radius 3 is 2.59 bits per heavy atom. The zero-order chi connectivity index (χ0) is 20.1. The zero-order valence-corrected chi connectivity index (χ0v) is 14.6. The summed E-state index contributed by atoms with van der Waals surface area (Å²) in [5, 5.41) is 51.5. The molecule has 0 N–H and O–H groups in total. The van der Waals surface area contributed by atoms with Gasteiger partial charge in [-0.25, -0.2) is 0 Å². The first-order chi connectivity index (χ1) is 12.8. The van der Waals surface area contributed by atoms with Gasteiger partial charge in [0.1, 0.15) is 6.07 Å². The van der Waals surface area contributed by atoms with Crippen LogP contribution in [0, 0.1) is 28.4 Å². The summed E-state index contributed by atoms with van der Waals surface area (Å²) < 4.78 is 0.912. The van der Waals surface area contributed by atoms with Crippen molar-refractivity contribution in [1.29, 1.82) is 5.26 Å².